The summed E-state index contributed by atoms with van der Waals surface area (Å²) in [7, 11) is -4.23. The zero-order valence-corrected chi connectivity index (χ0v) is 11.8. The van der Waals surface area contributed by atoms with Crippen molar-refractivity contribution >= 4 is 13.8 Å². The fourth-order valence-corrected chi connectivity index (χ4v) is 2.29. The van der Waals surface area contributed by atoms with E-state index in [1.165, 1.54) is 36.4 Å². The highest BCUT2D eigenvalue weighted by Crippen LogP contribution is 2.44. The van der Waals surface area contributed by atoms with E-state index in [4.69, 9.17) is 14.2 Å². The summed E-state index contributed by atoms with van der Waals surface area (Å²) in [4.78, 5) is 20.3. The number of carboxylic acids is 1. The van der Waals surface area contributed by atoms with Crippen LogP contribution >= 0.6 is 7.82 Å². The molecule has 0 saturated carbocycles. The first-order valence-corrected chi connectivity index (χ1v) is 7.50. The number of rotatable bonds is 6. The van der Waals surface area contributed by atoms with Crippen molar-refractivity contribution in [3.05, 3.63) is 65.7 Å². The highest BCUT2D eigenvalue weighted by molar-refractivity contribution is 7.47. The highest BCUT2D eigenvalue weighted by Gasteiger charge is 2.22. The monoisotopic (exact) mass is 308 g/mol. The van der Waals surface area contributed by atoms with Gasteiger partial charge in [0.2, 0.25) is 0 Å². The fraction of sp³-hybridized carbons (Fsp3) is 0.0714. The van der Waals surface area contributed by atoms with Gasteiger partial charge in [-0.1, -0.05) is 30.3 Å². The van der Waals surface area contributed by atoms with E-state index in [0.29, 0.717) is 5.56 Å². The zero-order valence-electron chi connectivity index (χ0n) is 10.9. The smallest absolute Gasteiger partial charge is 0.478 e. The third-order valence-corrected chi connectivity index (χ3v) is 3.46. The Kier molecular flexibility index (Phi) is 4.75. The van der Waals surface area contributed by atoms with Crippen LogP contribution in [0.3, 0.4) is 0 Å². The van der Waals surface area contributed by atoms with E-state index in [9.17, 15) is 14.3 Å². The van der Waals surface area contributed by atoms with Crippen LogP contribution in [0.1, 0.15) is 15.9 Å². The summed E-state index contributed by atoms with van der Waals surface area (Å²) in [5.74, 6) is -0.813. The third-order valence-electron chi connectivity index (χ3n) is 2.56. The predicted octanol–water partition coefficient (Wildman–Crippen LogP) is 3.08. The summed E-state index contributed by atoms with van der Waals surface area (Å²) >= 11 is 0. The van der Waals surface area contributed by atoms with Crippen LogP contribution in [0.25, 0.3) is 0 Å². The Hall–Kier alpha value is -2.14. The van der Waals surface area contributed by atoms with Gasteiger partial charge in [-0.25, -0.2) is 9.36 Å². The molecule has 0 spiro atoms. The van der Waals surface area contributed by atoms with E-state index in [-0.39, 0.29) is 17.9 Å². The van der Waals surface area contributed by atoms with Gasteiger partial charge in [-0.15, -0.1) is 0 Å². The minimum Gasteiger partial charge on any atom is -0.478 e. The molecule has 0 aliphatic heterocycles. The molecule has 0 aromatic heterocycles. The lowest BCUT2D eigenvalue weighted by molar-refractivity contribution is 0.0696. The summed E-state index contributed by atoms with van der Waals surface area (Å²) in [5.41, 5.74) is 0.692. The van der Waals surface area contributed by atoms with Gasteiger partial charge in [0.25, 0.3) is 0 Å². The number of carbonyl (C=O) groups is 1. The lowest BCUT2D eigenvalue weighted by atomic mass is 10.1. The molecule has 0 saturated heterocycles. The molecular weight excluding hydrogens is 295 g/mol. The lowest BCUT2D eigenvalue weighted by Gasteiger charge is -2.13. The van der Waals surface area contributed by atoms with Crippen LogP contribution < -0.4 is 4.52 Å². The first-order chi connectivity index (χ1) is 9.96. The van der Waals surface area contributed by atoms with Crippen molar-refractivity contribution in [2.45, 2.75) is 6.61 Å². The molecule has 0 radical (unpaired) electrons. The van der Waals surface area contributed by atoms with E-state index in [1.807, 2.05) is 0 Å². The minimum absolute atomic E-state index is 0.131. The molecule has 0 aliphatic carbocycles. The molecule has 6 nitrogen and oxygen atoms in total. The SMILES string of the molecule is O=C(O)c1ccc(COP(=O)(O)Oc2ccccc2)cc1. The van der Waals surface area contributed by atoms with Crippen LogP contribution in [0.5, 0.6) is 5.75 Å². The van der Waals surface area contributed by atoms with Crippen molar-refractivity contribution in [3.63, 3.8) is 0 Å². The van der Waals surface area contributed by atoms with E-state index in [1.54, 1.807) is 18.2 Å². The molecule has 2 N–H and O–H groups in total. The number of aromatic carboxylic acids is 1. The van der Waals surface area contributed by atoms with Crippen LogP contribution in [-0.2, 0) is 15.7 Å². The summed E-state index contributed by atoms with van der Waals surface area (Å²) in [6, 6.07) is 13.9. The molecule has 1 unspecified atom stereocenters. The van der Waals surface area contributed by atoms with Crippen molar-refractivity contribution in [1.82, 2.24) is 0 Å². The average Bonchev–Trinajstić information content (AvgIpc) is 2.46. The molecule has 1 atom stereocenters. The van der Waals surface area contributed by atoms with Crippen molar-refractivity contribution < 1.29 is 28.4 Å². The predicted molar refractivity (Wildman–Crippen MR) is 75.1 cm³/mol. The summed E-state index contributed by atoms with van der Waals surface area (Å²) in [6.07, 6.45) is 0. The van der Waals surface area contributed by atoms with Crippen LogP contribution in [0.2, 0.25) is 0 Å². The van der Waals surface area contributed by atoms with Crippen molar-refractivity contribution in [2.24, 2.45) is 0 Å². The second kappa shape index (κ2) is 6.54. The largest absolute Gasteiger partial charge is 0.527 e. The number of benzene rings is 2. The van der Waals surface area contributed by atoms with Crippen molar-refractivity contribution in [3.8, 4) is 5.75 Å². The van der Waals surface area contributed by atoms with Gasteiger partial charge in [0, 0.05) is 0 Å². The standard InChI is InChI=1S/C14H13O6P/c15-14(16)12-8-6-11(7-9-12)10-19-21(17,18)20-13-4-2-1-3-5-13/h1-9H,10H2,(H,15,16)(H,17,18). The van der Waals surface area contributed by atoms with E-state index in [2.05, 4.69) is 0 Å². The van der Waals surface area contributed by atoms with Crippen molar-refractivity contribution in [1.29, 1.82) is 0 Å². The molecule has 0 heterocycles. The number of phosphoric acid groups is 1. The molecule has 2 aromatic rings. The van der Waals surface area contributed by atoms with Gasteiger partial charge >= 0.3 is 13.8 Å². The molecule has 110 valence electrons. The van der Waals surface area contributed by atoms with Crippen LogP contribution in [-0.4, -0.2) is 16.0 Å². The Morgan fingerprint density at radius 3 is 2.24 bits per heavy atom. The molecule has 0 aliphatic rings. The normalized spacial score (nSPS) is 13.4. The van der Waals surface area contributed by atoms with Gasteiger partial charge < -0.3 is 9.63 Å². The number of carboxylic acid groups (broad SMARTS) is 1. The van der Waals surface area contributed by atoms with E-state index < -0.39 is 13.8 Å². The van der Waals surface area contributed by atoms with Gasteiger partial charge in [0.1, 0.15) is 5.75 Å². The first kappa shape index (κ1) is 15.3. The highest BCUT2D eigenvalue weighted by atomic mass is 31.2. The lowest BCUT2D eigenvalue weighted by Crippen LogP contribution is -1.99. The molecule has 0 amide bonds. The molecule has 0 bridgehead atoms. The van der Waals surface area contributed by atoms with Gasteiger partial charge in [-0.3, -0.25) is 9.42 Å². The van der Waals surface area contributed by atoms with Crippen LogP contribution in [0.15, 0.2) is 54.6 Å². The minimum atomic E-state index is -4.23. The fourth-order valence-electron chi connectivity index (χ4n) is 1.54. The van der Waals surface area contributed by atoms with Gasteiger partial charge in [-0.2, -0.15) is 0 Å². The summed E-state index contributed by atoms with van der Waals surface area (Å²) < 4.78 is 21.5. The molecule has 21 heavy (non-hydrogen) atoms. The Morgan fingerprint density at radius 1 is 1.05 bits per heavy atom. The van der Waals surface area contributed by atoms with E-state index >= 15 is 0 Å². The van der Waals surface area contributed by atoms with Crippen LogP contribution in [0, 0.1) is 0 Å². The molecule has 0 fully saturated rings. The van der Waals surface area contributed by atoms with E-state index in [0.717, 1.165) is 0 Å². The summed E-state index contributed by atoms with van der Waals surface area (Å²) in [6.45, 7) is -0.166. The zero-order chi connectivity index (χ0) is 15.3. The average molecular weight is 308 g/mol. The molecular formula is C14H13O6P. The maximum Gasteiger partial charge on any atom is 0.527 e. The molecule has 2 aromatic carbocycles. The number of phosphoric ester groups is 1. The van der Waals surface area contributed by atoms with Crippen LogP contribution in [0.4, 0.5) is 0 Å². The molecule has 2 rings (SSSR count). The second-order valence-electron chi connectivity index (χ2n) is 4.15. The topological polar surface area (TPSA) is 93.1 Å². The quantitative estimate of drug-likeness (QED) is 0.797. The molecule has 7 heteroatoms. The van der Waals surface area contributed by atoms with Gasteiger partial charge in [0.15, 0.2) is 0 Å². The second-order valence-corrected chi connectivity index (χ2v) is 5.53. The number of hydrogen-bond donors (Lipinski definition) is 2. The Balaban J connectivity index is 1.95. The van der Waals surface area contributed by atoms with Crippen molar-refractivity contribution in [2.75, 3.05) is 0 Å². The number of para-hydroxylation sites is 1. The maximum atomic E-state index is 11.7. The Bertz CT molecular complexity index is 653. The third kappa shape index (κ3) is 4.72. The number of hydrogen-bond acceptors (Lipinski definition) is 4. The van der Waals surface area contributed by atoms with Gasteiger partial charge in [0.05, 0.1) is 12.2 Å². The Labute approximate surface area is 121 Å². The summed E-state index contributed by atoms with van der Waals surface area (Å²) in [5, 5.41) is 8.76. The maximum absolute atomic E-state index is 11.7. The Morgan fingerprint density at radius 2 is 1.67 bits per heavy atom. The van der Waals surface area contributed by atoms with Gasteiger partial charge in [-0.05, 0) is 29.8 Å². The first-order valence-electron chi connectivity index (χ1n) is 6.00.